The first-order valence-electron chi connectivity index (χ1n) is 8.33. The van der Waals surface area contributed by atoms with Gasteiger partial charge in [-0.15, -0.1) is 0 Å². The fourth-order valence-electron chi connectivity index (χ4n) is 3.04. The maximum Gasteiger partial charge on any atom is 0.220 e. The molecule has 0 spiro atoms. The minimum Gasteiger partial charge on any atom is -0.353 e. The third kappa shape index (κ3) is 4.93. The standard InChI is InChI=1S/C17H26N4O2S/c1-11-15(12(2)19-17(18-11)24-4)5-6-16(23)20-14-7-9-21(10-8-14)13(3)22/h14H,5-10H2,1-4H3,(H,20,23). The van der Waals surface area contributed by atoms with Gasteiger partial charge in [0.15, 0.2) is 5.16 Å². The first-order valence-corrected chi connectivity index (χ1v) is 9.56. The normalized spacial score (nSPS) is 15.4. The maximum atomic E-state index is 12.2. The van der Waals surface area contributed by atoms with Gasteiger partial charge in [0.1, 0.15) is 0 Å². The van der Waals surface area contributed by atoms with E-state index in [1.807, 2.05) is 25.0 Å². The summed E-state index contributed by atoms with van der Waals surface area (Å²) in [5.41, 5.74) is 2.97. The summed E-state index contributed by atoms with van der Waals surface area (Å²) >= 11 is 1.53. The number of amides is 2. The van der Waals surface area contributed by atoms with Crippen LogP contribution in [0.15, 0.2) is 5.16 Å². The number of carbonyl (C=O) groups is 2. The SMILES string of the molecule is CSc1nc(C)c(CCC(=O)NC2CCN(C(C)=O)CC2)c(C)n1. The van der Waals surface area contributed by atoms with Crippen LogP contribution >= 0.6 is 11.8 Å². The van der Waals surface area contributed by atoms with E-state index in [0.29, 0.717) is 12.8 Å². The number of likely N-dealkylation sites (tertiary alicyclic amines) is 1. The fourth-order valence-corrected chi connectivity index (χ4v) is 3.50. The summed E-state index contributed by atoms with van der Waals surface area (Å²) in [6.07, 6.45) is 4.71. The average Bonchev–Trinajstić information content (AvgIpc) is 2.54. The second kappa shape index (κ2) is 8.46. The maximum absolute atomic E-state index is 12.2. The molecular formula is C17H26N4O2S. The van der Waals surface area contributed by atoms with Crippen LogP contribution in [0.1, 0.15) is 43.1 Å². The van der Waals surface area contributed by atoms with Crippen LogP contribution in [0.4, 0.5) is 0 Å². The van der Waals surface area contributed by atoms with E-state index in [4.69, 9.17) is 0 Å². The van der Waals surface area contributed by atoms with Gasteiger partial charge < -0.3 is 10.2 Å². The Morgan fingerprint density at radius 2 is 1.79 bits per heavy atom. The second-order valence-electron chi connectivity index (χ2n) is 6.21. The zero-order chi connectivity index (χ0) is 17.7. The minimum absolute atomic E-state index is 0.0593. The van der Waals surface area contributed by atoms with Crippen molar-refractivity contribution < 1.29 is 9.59 Å². The van der Waals surface area contributed by atoms with Gasteiger partial charge in [0.2, 0.25) is 11.8 Å². The summed E-state index contributed by atoms with van der Waals surface area (Å²) in [6, 6.07) is 0.172. The molecule has 0 saturated carbocycles. The molecule has 1 aromatic heterocycles. The zero-order valence-electron chi connectivity index (χ0n) is 14.9. The van der Waals surface area contributed by atoms with Gasteiger partial charge in [0.05, 0.1) is 0 Å². The largest absolute Gasteiger partial charge is 0.353 e. The molecule has 1 fully saturated rings. The topological polar surface area (TPSA) is 75.2 Å². The van der Waals surface area contributed by atoms with Crippen molar-refractivity contribution in [2.45, 2.75) is 57.7 Å². The van der Waals surface area contributed by atoms with Gasteiger partial charge in [-0.05, 0) is 44.9 Å². The van der Waals surface area contributed by atoms with Crippen LogP contribution in [0.5, 0.6) is 0 Å². The van der Waals surface area contributed by atoms with E-state index >= 15 is 0 Å². The number of rotatable bonds is 5. The van der Waals surface area contributed by atoms with E-state index in [2.05, 4.69) is 15.3 Å². The van der Waals surface area contributed by atoms with Crippen LogP contribution in [0.25, 0.3) is 0 Å². The lowest BCUT2D eigenvalue weighted by Crippen LogP contribution is -2.46. The molecule has 6 nitrogen and oxygen atoms in total. The molecule has 0 bridgehead atoms. The van der Waals surface area contributed by atoms with Crippen molar-refractivity contribution in [1.29, 1.82) is 0 Å². The number of nitrogens with one attached hydrogen (secondary N) is 1. The molecule has 1 aliphatic rings. The average molecular weight is 350 g/mol. The highest BCUT2D eigenvalue weighted by molar-refractivity contribution is 7.98. The molecule has 0 aromatic carbocycles. The molecule has 0 aliphatic carbocycles. The molecule has 1 saturated heterocycles. The van der Waals surface area contributed by atoms with Crippen LogP contribution in [-0.2, 0) is 16.0 Å². The van der Waals surface area contributed by atoms with Crippen LogP contribution in [0.2, 0.25) is 0 Å². The van der Waals surface area contributed by atoms with Crippen LogP contribution in [0, 0.1) is 13.8 Å². The molecule has 0 unspecified atom stereocenters. The van der Waals surface area contributed by atoms with Gasteiger partial charge in [-0.25, -0.2) is 9.97 Å². The predicted octanol–water partition coefficient (Wildman–Crippen LogP) is 1.88. The Bertz CT molecular complexity index is 590. The summed E-state index contributed by atoms with van der Waals surface area (Å²) in [4.78, 5) is 34.3. The first kappa shape index (κ1) is 18.7. The Morgan fingerprint density at radius 3 is 2.29 bits per heavy atom. The number of nitrogens with zero attached hydrogens (tertiary/aromatic N) is 3. The highest BCUT2D eigenvalue weighted by Gasteiger charge is 2.22. The molecule has 0 radical (unpaired) electrons. The van der Waals surface area contributed by atoms with Crippen molar-refractivity contribution >= 4 is 23.6 Å². The van der Waals surface area contributed by atoms with E-state index in [1.54, 1.807) is 6.92 Å². The Morgan fingerprint density at radius 1 is 1.21 bits per heavy atom. The Labute approximate surface area is 147 Å². The smallest absolute Gasteiger partial charge is 0.220 e. The van der Waals surface area contributed by atoms with Crippen molar-refractivity contribution in [2.75, 3.05) is 19.3 Å². The zero-order valence-corrected chi connectivity index (χ0v) is 15.7. The molecular weight excluding hydrogens is 324 g/mol. The molecule has 1 aromatic rings. The first-order chi connectivity index (χ1) is 11.4. The highest BCUT2D eigenvalue weighted by atomic mass is 32.2. The van der Waals surface area contributed by atoms with Crippen molar-refractivity contribution in [3.8, 4) is 0 Å². The molecule has 1 aliphatic heterocycles. The van der Waals surface area contributed by atoms with Crippen molar-refractivity contribution in [1.82, 2.24) is 20.2 Å². The van der Waals surface area contributed by atoms with Gasteiger partial charge in [0.25, 0.3) is 0 Å². The van der Waals surface area contributed by atoms with Crippen molar-refractivity contribution in [2.24, 2.45) is 0 Å². The Kier molecular flexibility index (Phi) is 6.60. The number of thioether (sulfide) groups is 1. The van der Waals surface area contributed by atoms with E-state index in [9.17, 15) is 9.59 Å². The number of hydrogen-bond donors (Lipinski definition) is 1. The lowest BCUT2D eigenvalue weighted by Gasteiger charge is -2.31. The lowest BCUT2D eigenvalue weighted by atomic mass is 10.0. The number of aromatic nitrogens is 2. The van der Waals surface area contributed by atoms with Gasteiger partial charge in [0, 0.05) is 43.9 Å². The molecule has 1 N–H and O–H groups in total. The van der Waals surface area contributed by atoms with Crippen LogP contribution in [0.3, 0.4) is 0 Å². The summed E-state index contributed by atoms with van der Waals surface area (Å²) in [5, 5.41) is 3.86. The molecule has 24 heavy (non-hydrogen) atoms. The van der Waals surface area contributed by atoms with Crippen LogP contribution < -0.4 is 5.32 Å². The predicted molar refractivity (Wildman–Crippen MR) is 95.0 cm³/mol. The molecule has 132 valence electrons. The summed E-state index contributed by atoms with van der Waals surface area (Å²) in [6.45, 7) is 6.98. The van der Waals surface area contributed by atoms with Gasteiger partial charge in [-0.1, -0.05) is 11.8 Å². The van der Waals surface area contributed by atoms with Gasteiger partial charge in [-0.3, -0.25) is 9.59 Å². The molecule has 2 rings (SSSR count). The number of aryl methyl sites for hydroxylation is 2. The summed E-state index contributed by atoms with van der Waals surface area (Å²) < 4.78 is 0. The summed E-state index contributed by atoms with van der Waals surface area (Å²) in [5.74, 6) is 0.170. The van der Waals surface area contributed by atoms with Crippen molar-refractivity contribution in [3.63, 3.8) is 0 Å². The third-order valence-electron chi connectivity index (χ3n) is 4.49. The number of piperidine rings is 1. The Hall–Kier alpha value is -1.63. The molecule has 2 amide bonds. The minimum atomic E-state index is 0.0593. The monoisotopic (exact) mass is 350 g/mol. The van der Waals surface area contributed by atoms with E-state index in [-0.39, 0.29) is 17.9 Å². The lowest BCUT2D eigenvalue weighted by molar-refractivity contribution is -0.130. The van der Waals surface area contributed by atoms with Gasteiger partial charge >= 0.3 is 0 Å². The third-order valence-corrected chi connectivity index (χ3v) is 5.04. The summed E-state index contributed by atoms with van der Waals surface area (Å²) in [7, 11) is 0. The van der Waals surface area contributed by atoms with Crippen LogP contribution in [-0.4, -0.2) is 52.1 Å². The molecule has 2 heterocycles. The van der Waals surface area contributed by atoms with Crippen molar-refractivity contribution in [3.05, 3.63) is 17.0 Å². The number of carbonyl (C=O) groups excluding carboxylic acids is 2. The quantitative estimate of drug-likeness (QED) is 0.648. The number of hydrogen-bond acceptors (Lipinski definition) is 5. The highest BCUT2D eigenvalue weighted by Crippen LogP contribution is 2.17. The Balaban J connectivity index is 1.83. The fraction of sp³-hybridized carbons (Fsp3) is 0.647. The van der Waals surface area contributed by atoms with Gasteiger partial charge in [-0.2, -0.15) is 0 Å². The second-order valence-corrected chi connectivity index (χ2v) is 6.98. The van der Waals surface area contributed by atoms with E-state index in [1.165, 1.54) is 11.8 Å². The molecule has 7 heteroatoms. The van der Waals surface area contributed by atoms with E-state index < -0.39 is 0 Å². The molecule has 0 atom stereocenters. The van der Waals surface area contributed by atoms with E-state index in [0.717, 1.165) is 48.0 Å².